The van der Waals surface area contributed by atoms with Crippen LogP contribution in [0.3, 0.4) is 0 Å². The van der Waals surface area contributed by atoms with Crippen molar-refractivity contribution in [1.82, 2.24) is 4.57 Å². The smallest absolute Gasteiger partial charge is 0.337 e. The third kappa shape index (κ3) is 6.76. The minimum absolute atomic E-state index is 0.0475. The molecule has 12 heteroatoms. The van der Waals surface area contributed by atoms with Gasteiger partial charge in [0.2, 0.25) is 0 Å². The topological polar surface area (TPSA) is 97.6 Å². The number of carbonyl (C=O) groups excluding carboxylic acids is 1. The van der Waals surface area contributed by atoms with E-state index in [0.717, 1.165) is 14.9 Å². The van der Waals surface area contributed by atoms with Gasteiger partial charge in [-0.15, -0.1) is 0 Å². The van der Waals surface area contributed by atoms with Crippen molar-refractivity contribution in [2.24, 2.45) is 4.99 Å². The predicted octanol–water partition coefficient (Wildman–Crippen LogP) is 5.15. The first-order valence-corrected chi connectivity index (χ1v) is 15.9. The van der Waals surface area contributed by atoms with Crippen LogP contribution >= 0.6 is 33.9 Å². The molecule has 0 bridgehead atoms. The van der Waals surface area contributed by atoms with Gasteiger partial charge in [0.25, 0.3) is 5.56 Å². The van der Waals surface area contributed by atoms with Crippen molar-refractivity contribution < 1.29 is 32.9 Å². The van der Waals surface area contributed by atoms with Gasteiger partial charge in [-0.1, -0.05) is 35.6 Å². The van der Waals surface area contributed by atoms with E-state index in [1.807, 2.05) is 19.9 Å². The standard InChI is InChI=1S/C33H30FIN2O7S/c1-5-42-25-12-11-19(14-26(25)43-6-2)29-23(32(39)41-4)17-36-33-37(29)31(38)28(45-33)15-21-13-22(35)16-27(40-3)30(21)44-18-20-9-7-8-10-24(20)34/h7-17,29H,5-6,18H2,1-4H3/b28-15+/t29-/m1/s1. The largest absolute Gasteiger partial charge is 0.493 e. The lowest BCUT2D eigenvalue weighted by molar-refractivity contribution is -0.136. The summed E-state index contributed by atoms with van der Waals surface area (Å²) in [6.07, 6.45) is 3.12. The number of rotatable bonds is 11. The number of nitrogens with zero attached hydrogens (tertiary/aromatic N) is 2. The second-order valence-electron chi connectivity index (χ2n) is 9.65. The fourth-order valence-electron chi connectivity index (χ4n) is 4.90. The predicted molar refractivity (Wildman–Crippen MR) is 176 cm³/mol. The summed E-state index contributed by atoms with van der Waals surface area (Å²) in [6.45, 7) is 4.52. The lowest BCUT2D eigenvalue weighted by Crippen LogP contribution is -2.39. The number of hydrogen-bond acceptors (Lipinski definition) is 9. The molecule has 0 saturated carbocycles. The molecule has 1 aliphatic heterocycles. The summed E-state index contributed by atoms with van der Waals surface area (Å²) in [5.74, 6) is 0.821. The molecular formula is C33H30FIN2O7S. The SMILES string of the molecule is CCOc1ccc([C@@H]2C(C(=O)OC)=CN=c3s/c(=C/c4cc(I)cc(OC)c4OCc4ccccc4F)c(=O)n32)cc1OCC. The van der Waals surface area contributed by atoms with Crippen LogP contribution in [-0.2, 0) is 16.1 Å². The maximum absolute atomic E-state index is 14.4. The summed E-state index contributed by atoms with van der Waals surface area (Å²) in [4.78, 5) is 31.9. The average molecular weight is 745 g/mol. The minimum Gasteiger partial charge on any atom is -0.493 e. The molecule has 5 rings (SSSR count). The van der Waals surface area contributed by atoms with E-state index in [-0.39, 0.29) is 23.6 Å². The molecule has 0 unspecified atom stereocenters. The lowest BCUT2D eigenvalue weighted by Gasteiger charge is -2.23. The number of benzene rings is 3. The number of fused-ring (bicyclic) bond motifs is 1. The van der Waals surface area contributed by atoms with Crippen LogP contribution in [0.15, 0.2) is 76.2 Å². The van der Waals surface area contributed by atoms with E-state index in [4.69, 9.17) is 23.7 Å². The Morgan fingerprint density at radius 1 is 1.02 bits per heavy atom. The highest BCUT2D eigenvalue weighted by atomic mass is 127. The van der Waals surface area contributed by atoms with Gasteiger partial charge >= 0.3 is 5.97 Å². The van der Waals surface area contributed by atoms with Crippen molar-refractivity contribution in [3.8, 4) is 23.0 Å². The Kier molecular flexibility index (Phi) is 10.2. The molecule has 234 valence electrons. The molecule has 2 heterocycles. The molecule has 0 amide bonds. The summed E-state index contributed by atoms with van der Waals surface area (Å²) in [7, 11) is 2.79. The summed E-state index contributed by atoms with van der Waals surface area (Å²) in [6, 6.07) is 14.5. The Balaban J connectivity index is 1.65. The Labute approximate surface area is 276 Å². The highest BCUT2D eigenvalue weighted by molar-refractivity contribution is 14.1. The zero-order valence-corrected chi connectivity index (χ0v) is 27.9. The quantitative estimate of drug-likeness (QED) is 0.155. The van der Waals surface area contributed by atoms with E-state index in [9.17, 15) is 14.0 Å². The second-order valence-corrected chi connectivity index (χ2v) is 11.9. The summed E-state index contributed by atoms with van der Waals surface area (Å²) < 4.78 is 45.3. The monoisotopic (exact) mass is 744 g/mol. The van der Waals surface area contributed by atoms with Crippen LogP contribution in [0.25, 0.3) is 6.08 Å². The highest BCUT2D eigenvalue weighted by Crippen LogP contribution is 2.36. The van der Waals surface area contributed by atoms with Gasteiger partial charge in [0.15, 0.2) is 27.8 Å². The van der Waals surface area contributed by atoms with Crippen LogP contribution in [0.5, 0.6) is 23.0 Å². The van der Waals surface area contributed by atoms with Crippen LogP contribution in [-0.4, -0.2) is 38.0 Å². The van der Waals surface area contributed by atoms with Gasteiger partial charge in [-0.25, -0.2) is 14.2 Å². The molecule has 1 aliphatic rings. The normalized spacial score (nSPS) is 14.2. The summed E-state index contributed by atoms with van der Waals surface area (Å²) >= 11 is 3.32. The molecule has 0 fully saturated rings. The zero-order chi connectivity index (χ0) is 32.1. The van der Waals surface area contributed by atoms with E-state index < -0.39 is 12.0 Å². The van der Waals surface area contributed by atoms with Crippen molar-refractivity contribution >= 4 is 46.0 Å². The van der Waals surface area contributed by atoms with Crippen molar-refractivity contribution in [3.63, 3.8) is 0 Å². The summed E-state index contributed by atoms with van der Waals surface area (Å²) in [5.41, 5.74) is 1.37. The van der Waals surface area contributed by atoms with Crippen LogP contribution in [0.2, 0.25) is 0 Å². The molecule has 3 aromatic carbocycles. The first-order valence-electron chi connectivity index (χ1n) is 14.0. The number of methoxy groups -OCH3 is 2. The highest BCUT2D eigenvalue weighted by Gasteiger charge is 2.31. The van der Waals surface area contributed by atoms with Gasteiger partial charge in [0.1, 0.15) is 12.4 Å². The van der Waals surface area contributed by atoms with Gasteiger partial charge in [-0.2, -0.15) is 0 Å². The summed E-state index contributed by atoms with van der Waals surface area (Å²) in [5, 5.41) is 0. The number of esters is 1. The number of ether oxygens (including phenoxy) is 5. The fraction of sp³-hybridized carbons (Fsp3) is 0.242. The number of halogens is 2. The van der Waals surface area contributed by atoms with Crippen molar-refractivity contribution in [2.45, 2.75) is 26.5 Å². The number of hydrogen-bond donors (Lipinski definition) is 0. The van der Waals surface area contributed by atoms with E-state index in [1.54, 1.807) is 48.5 Å². The van der Waals surface area contributed by atoms with E-state index in [0.29, 0.717) is 62.2 Å². The molecule has 0 radical (unpaired) electrons. The maximum Gasteiger partial charge on any atom is 0.337 e. The Morgan fingerprint density at radius 3 is 2.49 bits per heavy atom. The zero-order valence-electron chi connectivity index (χ0n) is 25.0. The Bertz CT molecular complexity index is 1950. The fourth-order valence-corrected chi connectivity index (χ4v) is 6.47. The number of carbonyl (C=O) groups is 1. The molecule has 9 nitrogen and oxygen atoms in total. The molecule has 1 aromatic heterocycles. The third-order valence-electron chi connectivity index (χ3n) is 6.89. The van der Waals surface area contributed by atoms with Gasteiger partial charge < -0.3 is 23.7 Å². The molecule has 0 saturated heterocycles. The van der Waals surface area contributed by atoms with Gasteiger partial charge in [-0.3, -0.25) is 9.36 Å². The van der Waals surface area contributed by atoms with Crippen LogP contribution in [0.1, 0.15) is 36.6 Å². The van der Waals surface area contributed by atoms with Gasteiger partial charge in [0, 0.05) is 20.9 Å². The van der Waals surface area contributed by atoms with Crippen LogP contribution < -0.4 is 33.8 Å². The Hall–Kier alpha value is -4.17. The van der Waals surface area contributed by atoms with E-state index in [1.165, 1.54) is 31.1 Å². The molecule has 1 atom stereocenters. The van der Waals surface area contributed by atoms with Gasteiger partial charge in [0.05, 0.1) is 43.6 Å². The number of aromatic nitrogens is 1. The molecule has 4 aromatic rings. The maximum atomic E-state index is 14.4. The molecule has 0 aliphatic carbocycles. The average Bonchev–Trinajstić information content (AvgIpc) is 3.35. The molecule has 45 heavy (non-hydrogen) atoms. The first kappa shape index (κ1) is 32.2. The third-order valence-corrected chi connectivity index (χ3v) is 8.51. The molecule has 0 spiro atoms. The van der Waals surface area contributed by atoms with Crippen LogP contribution in [0.4, 0.5) is 4.39 Å². The van der Waals surface area contributed by atoms with Crippen molar-refractivity contribution in [3.05, 3.63) is 112 Å². The molecular weight excluding hydrogens is 714 g/mol. The minimum atomic E-state index is -0.840. The molecule has 0 N–H and O–H groups in total. The van der Waals surface area contributed by atoms with E-state index in [2.05, 4.69) is 27.6 Å². The first-order chi connectivity index (χ1) is 21.8. The van der Waals surface area contributed by atoms with Crippen LogP contribution in [0, 0.1) is 9.39 Å². The number of thiazole rings is 1. The lowest BCUT2D eigenvalue weighted by atomic mass is 9.97. The van der Waals surface area contributed by atoms with Crippen molar-refractivity contribution in [1.29, 1.82) is 0 Å². The van der Waals surface area contributed by atoms with E-state index >= 15 is 0 Å². The second kappa shape index (κ2) is 14.3. The van der Waals surface area contributed by atoms with Gasteiger partial charge in [-0.05, 0) is 78.4 Å². The Morgan fingerprint density at radius 2 is 1.78 bits per heavy atom. The van der Waals surface area contributed by atoms with Crippen molar-refractivity contribution in [2.75, 3.05) is 27.4 Å².